The summed E-state index contributed by atoms with van der Waals surface area (Å²) < 4.78 is 8.52. The van der Waals surface area contributed by atoms with E-state index in [0.29, 0.717) is 45.5 Å². The summed E-state index contributed by atoms with van der Waals surface area (Å²) in [6, 6.07) is 13.8. The van der Waals surface area contributed by atoms with Gasteiger partial charge in [-0.3, -0.25) is 14.2 Å². The highest BCUT2D eigenvalue weighted by atomic mass is 35.5. The second-order valence-electron chi connectivity index (χ2n) is 7.49. The Bertz CT molecular complexity index is 1470. The Balaban J connectivity index is 1.62. The first kappa shape index (κ1) is 20.5. The predicted molar refractivity (Wildman–Crippen MR) is 126 cm³/mol. The number of hydrogen-bond acceptors (Lipinski definition) is 5. The zero-order chi connectivity index (χ0) is 22.4. The number of amides is 1. The van der Waals surface area contributed by atoms with Crippen LogP contribution < -0.4 is 20.9 Å². The summed E-state index contributed by atoms with van der Waals surface area (Å²) in [5.41, 5.74) is 1.53. The highest BCUT2D eigenvalue weighted by molar-refractivity contribution is 7.17. The van der Waals surface area contributed by atoms with Crippen LogP contribution in [0, 0.1) is 6.92 Å². The van der Waals surface area contributed by atoms with Crippen molar-refractivity contribution in [3.05, 3.63) is 85.3 Å². The number of halogens is 1. The molecule has 2 aromatic heterocycles. The molecule has 0 aliphatic carbocycles. The highest BCUT2D eigenvalue weighted by Crippen LogP contribution is 2.32. The van der Waals surface area contributed by atoms with E-state index < -0.39 is 11.2 Å². The average Bonchev–Trinajstić information content (AvgIpc) is 3.27. The van der Waals surface area contributed by atoms with Gasteiger partial charge in [0.15, 0.2) is 0 Å². The van der Waals surface area contributed by atoms with E-state index in [1.807, 2.05) is 25.1 Å². The fraction of sp³-hybridized carbons (Fsp3) is 0.174. The van der Waals surface area contributed by atoms with Crippen LogP contribution in [0.1, 0.15) is 5.56 Å². The van der Waals surface area contributed by atoms with E-state index in [2.05, 4.69) is 0 Å². The van der Waals surface area contributed by atoms with E-state index in [9.17, 15) is 14.4 Å². The molecule has 0 radical (unpaired) electrons. The van der Waals surface area contributed by atoms with E-state index in [0.717, 1.165) is 10.1 Å². The number of fused-ring (bicyclic) bond motifs is 2. The lowest BCUT2D eigenvalue weighted by molar-refractivity contribution is -0.119. The molecule has 2 aromatic carbocycles. The summed E-state index contributed by atoms with van der Waals surface area (Å²) in [6.45, 7) is 2.49. The lowest BCUT2D eigenvalue weighted by Crippen LogP contribution is -2.44. The van der Waals surface area contributed by atoms with Gasteiger partial charge in [0.2, 0.25) is 5.91 Å². The molecule has 1 aliphatic rings. The summed E-state index contributed by atoms with van der Waals surface area (Å²) in [5, 5.41) is 2.24. The van der Waals surface area contributed by atoms with Gasteiger partial charge in [-0.25, -0.2) is 9.36 Å². The second kappa shape index (κ2) is 7.96. The van der Waals surface area contributed by atoms with Gasteiger partial charge in [-0.15, -0.1) is 11.3 Å². The fourth-order valence-corrected chi connectivity index (χ4v) is 4.82. The third kappa shape index (κ3) is 3.41. The maximum atomic E-state index is 13.4. The van der Waals surface area contributed by atoms with Crippen LogP contribution in [0.2, 0.25) is 5.02 Å². The van der Waals surface area contributed by atoms with Crippen LogP contribution in [0.5, 0.6) is 5.75 Å². The second-order valence-corrected chi connectivity index (χ2v) is 8.84. The van der Waals surface area contributed by atoms with Crippen molar-refractivity contribution >= 4 is 44.7 Å². The fourth-order valence-electron chi connectivity index (χ4n) is 3.87. The van der Waals surface area contributed by atoms with E-state index in [1.54, 1.807) is 40.6 Å². The van der Waals surface area contributed by atoms with Gasteiger partial charge in [-0.1, -0.05) is 17.7 Å². The molecule has 9 heteroatoms. The summed E-state index contributed by atoms with van der Waals surface area (Å²) in [5.74, 6) is 0.380. The number of aryl methyl sites for hydroxylation is 1. The lowest BCUT2D eigenvalue weighted by atomic mass is 10.1. The summed E-state index contributed by atoms with van der Waals surface area (Å²) in [6.07, 6.45) is 0. The standard InChI is InChI=1S/C23H18ClN3O4S/c1-14-2-7-19-18(12-14)25(9-10-31-19)20(28)13-26-17-8-11-32-21(17)22(29)27(23(26)30)16-5-3-15(24)4-6-16/h2-8,11-12H,9-10,13H2,1H3. The first-order valence-electron chi connectivity index (χ1n) is 9.97. The minimum atomic E-state index is -0.575. The number of nitrogens with zero attached hydrogens (tertiary/aromatic N) is 3. The Morgan fingerprint density at radius 2 is 1.91 bits per heavy atom. The quantitative estimate of drug-likeness (QED) is 0.461. The third-order valence-corrected chi connectivity index (χ3v) is 6.56. The topological polar surface area (TPSA) is 73.5 Å². The van der Waals surface area contributed by atoms with Crippen molar-refractivity contribution in [3.8, 4) is 11.4 Å². The van der Waals surface area contributed by atoms with Crippen LogP contribution in [0.4, 0.5) is 5.69 Å². The SMILES string of the molecule is Cc1ccc2c(c1)N(C(=O)Cn1c(=O)n(-c3ccc(Cl)cc3)c(=O)c3sccc31)CCO2. The van der Waals surface area contributed by atoms with E-state index in [-0.39, 0.29) is 12.5 Å². The number of benzene rings is 2. The van der Waals surface area contributed by atoms with Crippen LogP contribution >= 0.6 is 22.9 Å². The van der Waals surface area contributed by atoms with Crippen LogP contribution in [-0.2, 0) is 11.3 Å². The van der Waals surface area contributed by atoms with Gasteiger partial charge in [0.1, 0.15) is 23.6 Å². The molecule has 32 heavy (non-hydrogen) atoms. The zero-order valence-electron chi connectivity index (χ0n) is 17.1. The van der Waals surface area contributed by atoms with Crippen LogP contribution in [-0.4, -0.2) is 28.2 Å². The molecule has 162 valence electrons. The minimum absolute atomic E-state index is 0.201. The molecule has 0 atom stereocenters. The van der Waals surface area contributed by atoms with Crippen molar-refractivity contribution < 1.29 is 9.53 Å². The minimum Gasteiger partial charge on any atom is -0.490 e. The van der Waals surface area contributed by atoms with Crippen LogP contribution in [0.25, 0.3) is 15.9 Å². The molecular weight excluding hydrogens is 450 g/mol. The van der Waals surface area contributed by atoms with Crippen molar-refractivity contribution in [1.82, 2.24) is 9.13 Å². The Morgan fingerprint density at radius 3 is 2.69 bits per heavy atom. The predicted octanol–water partition coefficient (Wildman–Crippen LogP) is 3.60. The molecule has 4 aromatic rings. The van der Waals surface area contributed by atoms with Gasteiger partial charge in [-0.2, -0.15) is 0 Å². The Labute approximate surface area is 191 Å². The summed E-state index contributed by atoms with van der Waals surface area (Å²) >= 11 is 7.20. The normalized spacial score (nSPS) is 13.1. The molecule has 3 heterocycles. The zero-order valence-corrected chi connectivity index (χ0v) is 18.7. The molecular formula is C23H18ClN3O4S. The molecule has 0 bridgehead atoms. The number of anilines is 1. The van der Waals surface area contributed by atoms with Gasteiger partial charge in [0.25, 0.3) is 5.56 Å². The van der Waals surface area contributed by atoms with Crippen molar-refractivity contribution in [3.63, 3.8) is 0 Å². The molecule has 0 unspecified atom stereocenters. The van der Waals surface area contributed by atoms with Gasteiger partial charge < -0.3 is 9.64 Å². The van der Waals surface area contributed by atoms with Crippen molar-refractivity contribution in [2.75, 3.05) is 18.1 Å². The molecule has 0 N–H and O–H groups in total. The lowest BCUT2D eigenvalue weighted by Gasteiger charge is -2.30. The largest absolute Gasteiger partial charge is 0.490 e. The maximum absolute atomic E-state index is 13.4. The Morgan fingerprint density at radius 1 is 1.12 bits per heavy atom. The monoisotopic (exact) mass is 467 g/mol. The number of thiophene rings is 1. The Hall–Kier alpha value is -3.36. The van der Waals surface area contributed by atoms with Gasteiger partial charge in [-0.05, 0) is 60.3 Å². The van der Waals surface area contributed by atoms with Gasteiger partial charge in [0.05, 0.1) is 23.4 Å². The van der Waals surface area contributed by atoms with Crippen molar-refractivity contribution in [2.45, 2.75) is 13.5 Å². The number of rotatable bonds is 3. The average molecular weight is 468 g/mol. The molecule has 0 spiro atoms. The van der Waals surface area contributed by atoms with E-state index >= 15 is 0 Å². The summed E-state index contributed by atoms with van der Waals surface area (Å²) in [4.78, 5) is 41.4. The molecule has 1 aliphatic heterocycles. The first-order valence-corrected chi connectivity index (χ1v) is 11.2. The van der Waals surface area contributed by atoms with Crippen LogP contribution in [0.3, 0.4) is 0 Å². The molecule has 7 nitrogen and oxygen atoms in total. The number of carbonyl (C=O) groups excluding carboxylic acids is 1. The van der Waals surface area contributed by atoms with Crippen molar-refractivity contribution in [2.24, 2.45) is 0 Å². The Kier molecular flexibility index (Phi) is 5.11. The van der Waals surface area contributed by atoms with Gasteiger partial charge in [0, 0.05) is 5.02 Å². The molecule has 0 saturated carbocycles. The highest BCUT2D eigenvalue weighted by Gasteiger charge is 2.26. The third-order valence-electron chi connectivity index (χ3n) is 5.41. The number of aromatic nitrogens is 2. The van der Waals surface area contributed by atoms with Crippen LogP contribution in [0.15, 0.2) is 63.5 Å². The molecule has 1 amide bonds. The maximum Gasteiger partial charge on any atom is 0.336 e. The van der Waals surface area contributed by atoms with Gasteiger partial charge >= 0.3 is 5.69 Å². The number of carbonyl (C=O) groups is 1. The summed E-state index contributed by atoms with van der Waals surface area (Å²) in [7, 11) is 0. The number of ether oxygens (including phenoxy) is 1. The van der Waals surface area contributed by atoms with E-state index in [1.165, 1.54) is 15.9 Å². The smallest absolute Gasteiger partial charge is 0.336 e. The van der Waals surface area contributed by atoms with E-state index in [4.69, 9.17) is 16.3 Å². The molecule has 5 rings (SSSR count). The molecule has 0 saturated heterocycles. The first-order chi connectivity index (χ1) is 15.4. The van der Waals surface area contributed by atoms with Crippen molar-refractivity contribution in [1.29, 1.82) is 0 Å². The number of hydrogen-bond donors (Lipinski definition) is 0. The molecule has 0 fully saturated rings.